The zero-order valence-corrected chi connectivity index (χ0v) is 16.5. The van der Waals surface area contributed by atoms with Crippen molar-refractivity contribution in [1.29, 1.82) is 0 Å². The molecule has 9 heteroatoms. The van der Waals surface area contributed by atoms with Crippen molar-refractivity contribution in [1.82, 2.24) is 19.7 Å². The predicted octanol–water partition coefficient (Wildman–Crippen LogP) is 1.47. The van der Waals surface area contributed by atoms with E-state index in [-0.39, 0.29) is 29.1 Å². The summed E-state index contributed by atoms with van der Waals surface area (Å²) >= 11 is 1.32. The molecule has 0 bridgehead atoms. The van der Waals surface area contributed by atoms with Crippen molar-refractivity contribution in [2.75, 3.05) is 24.3 Å². The van der Waals surface area contributed by atoms with E-state index in [1.54, 1.807) is 16.5 Å². The lowest BCUT2D eigenvalue weighted by molar-refractivity contribution is -0.127. The van der Waals surface area contributed by atoms with E-state index >= 15 is 0 Å². The van der Waals surface area contributed by atoms with E-state index < -0.39 is 9.84 Å². The fourth-order valence-electron chi connectivity index (χ4n) is 2.99. The molecule has 0 N–H and O–H groups in total. The predicted molar refractivity (Wildman–Crippen MR) is 101 cm³/mol. The summed E-state index contributed by atoms with van der Waals surface area (Å²) in [5.41, 5.74) is 1.08. The molecule has 1 amide bonds. The molecule has 1 saturated heterocycles. The Morgan fingerprint density at radius 3 is 2.69 bits per heavy atom. The topological polar surface area (TPSA) is 85.2 Å². The van der Waals surface area contributed by atoms with Gasteiger partial charge in [0.25, 0.3) is 0 Å². The van der Waals surface area contributed by atoms with Crippen molar-refractivity contribution in [3.63, 3.8) is 0 Å². The van der Waals surface area contributed by atoms with Gasteiger partial charge in [0.05, 0.1) is 17.3 Å². The Hall–Kier alpha value is -1.87. The van der Waals surface area contributed by atoms with E-state index in [0.717, 1.165) is 5.56 Å². The fourth-order valence-corrected chi connectivity index (χ4v) is 5.59. The lowest BCUT2D eigenvalue weighted by Gasteiger charge is -2.17. The third kappa shape index (κ3) is 4.45. The largest absolute Gasteiger partial charge is 0.341 e. The molecule has 2 heterocycles. The number of carbonyl (C=O) groups excluding carboxylic acids is 1. The summed E-state index contributed by atoms with van der Waals surface area (Å²) in [4.78, 5) is 14.0. The molecule has 1 aromatic heterocycles. The summed E-state index contributed by atoms with van der Waals surface area (Å²) in [5, 5.41) is 8.92. The molecule has 1 aliphatic heterocycles. The molecule has 0 aliphatic carbocycles. The summed E-state index contributed by atoms with van der Waals surface area (Å²) < 4.78 is 25.1. The molecule has 1 fully saturated rings. The zero-order valence-electron chi connectivity index (χ0n) is 14.8. The highest BCUT2D eigenvalue weighted by molar-refractivity contribution is 7.99. The third-order valence-electron chi connectivity index (χ3n) is 4.48. The minimum Gasteiger partial charge on any atom is -0.341 e. The van der Waals surface area contributed by atoms with Crippen LogP contribution in [0.5, 0.6) is 0 Å². The van der Waals surface area contributed by atoms with Crippen LogP contribution in [0.3, 0.4) is 0 Å². The van der Waals surface area contributed by atoms with Gasteiger partial charge in [-0.1, -0.05) is 42.1 Å². The van der Waals surface area contributed by atoms with Crippen LogP contribution in [0.25, 0.3) is 0 Å². The van der Waals surface area contributed by atoms with Gasteiger partial charge < -0.3 is 9.47 Å². The zero-order chi connectivity index (χ0) is 18.7. The number of carbonyl (C=O) groups is 1. The summed E-state index contributed by atoms with van der Waals surface area (Å²) in [6.07, 6.45) is 0.581. The first kappa shape index (κ1) is 18.9. The van der Waals surface area contributed by atoms with E-state index in [0.29, 0.717) is 23.9 Å². The number of hydrogen-bond donors (Lipinski definition) is 0. The maximum absolute atomic E-state index is 12.3. The van der Waals surface area contributed by atoms with Crippen molar-refractivity contribution in [3.05, 3.63) is 41.7 Å². The van der Waals surface area contributed by atoms with Gasteiger partial charge in [0.2, 0.25) is 5.91 Å². The Morgan fingerprint density at radius 2 is 2.04 bits per heavy atom. The first-order valence-electron chi connectivity index (χ1n) is 8.36. The minimum atomic E-state index is -2.97. The van der Waals surface area contributed by atoms with Crippen LogP contribution in [0.1, 0.15) is 23.7 Å². The fraction of sp³-hybridized carbons (Fsp3) is 0.471. The summed E-state index contributed by atoms with van der Waals surface area (Å²) in [7, 11) is 0.633. The van der Waals surface area contributed by atoms with Gasteiger partial charge in [0, 0.05) is 26.6 Å². The average molecular weight is 395 g/mol. The number of thioether (sulfide) groups is 1. The molecular weight excluding hydrogens is 372 g/mol. The Balaban J connectivity index is 1.57. The van der Waals surface area contributed by atoms with Crippen LogP contribution in [0, 0.1) is 0 Å². The second kappa shape index (κ2) is 7.79. The van der Waals surface area contributed by atoms with E-state index in [1.807, 2.05) is 37.4 Å². The van der Waals surface area contributed by atoms with Crippen LogP contribution in [-0.4, -0.2) is 58.3 Å². The van der Waals surface area contributed by atoms with E-state index in [4.69, 9.17) is 0 Å². The molecule has 2 aromatic rings. The quantitative estimate of drug-likeness (QED) is 0.690. The first-order valence-corrected chi connectivity index (χ1v) is 11.2. The second-order valence-corrected chi connectivity index (χ2v) is 9.70. The lowest BCUT2D eigenvalue weighted by atomic mass is 10.1. The molecule has 7 nitrogen and oxygen atoms in total. The van der Waals surface area contributed by atoms with Gasteiger partial charge in [-0.3, -0.25) is 4.79 Å². The molecule has 0 spiro atoms. The molecular formula is C17H22N4O3S2. The van der Waals surface area contributed by atoms with Crippen molar-refractivity contribution in [2.24, 2.45) is 7.05 Å². The van der Waals surface area contributed by atoms with E-state index in [9.17, 15) is 13.2 Å². The monoisotopic (exact) mass is 394 g/mol. The SMILES string of the molecule is CN(Cc1ccccc1)C(=O)CSc1nnc([C@H]2CCS(=O)(=O)C2)n1C. The molecule has 0 unspecified atom stereocenters. The second-order valence-electron chi connectivity index (χ2n) is 6.52. The normalized spacial score (nSPS) is 18.8. The van der Waals surface area contributed by atoms with Crippen LogP contribution < -0.4 is 0 Å². The van der Waals surface area contributed by atoms with Crippen molar-refractivity contribution >= 4 is 27.5 Å². The van der Waals surface area contributed by atoms with Gasteiger partial charge in [-0.15, -0.1) is 10.2 Å². The van der Waals surface area contributed by atoms with Crippen molar-refractivity contribution in [3.8, 4) is 0 Å². The Morgan fingerprint density at radius 1 is 1.31 bits per heavy atom. The van der Waals surface area contributed by atoms with Crippen LogP contribution in [-0.2, 0) is 28.2 Å². The summed E-state index contributed by atoms with van der Waals surface area (Å²) in [6.45, 7) is 0.560. The molecule has 0 radical (unpaired) electrons. The number of hydrogen-bond acceptors (Lipinski definition) is 6. The van der Waals surface area contributed by atoms with Crippen LogP contribution in [0.4, 0.5) is 0 Å². The van der Waals surface area contributed by atoms with E-state index in [2.05, 4.69) is 10.2 Å². The van der Waals surface area contributed by atoms with Crippen LogP contribution >= 0.6 is 11.8 Å². The number of aromatic nitrogens is 3. The van der Waals surface area contributed by atoms with Crippen molar-refractivity contribution < 1.29 is 13.2 Å². The van der Waals surface area contributed by atoms with Gasteiger partial charge in [0.15, 0.2) is 15.0 Å². The number of amides is 1. The summed E-state index contributed by atoms with van der Waals surface area (Å²) in [6, 6.07) is 9.82. The first-order chi connectivity index (χ1) is 12.4. The van der Waals surface area contributed by atoms with Gasteiger partial charge in [0.1, 0.15) is 5.82 Å². The van der Waals surface area contributed by atoms with Crippen LogP contribution in [0.15, 0.2) is 35.5 Å². The molecule has 0 saturated carbocycles. The number of rotatable bonds is 6. The molecule has 140 valence electrons. The third-order valence-corrected chi connectivity index (χ3v) is 7.25. The summed E-state index contributed by atoms with van der Waals surface area (Å²) in [5.74, 6) is 1.17. The smallest absolute Gasteiger partial charge is 0.233 e. The Labute approximate surface area is 157 Å². The highest BCUT2D eigenvalue weighted by atomic mass is 32.2. The van der Waals surface area contributed by atoms with Gasteiger partial charge in [-0.25, -0.2) is 8.42 Å². The Kier molecular flexibility index (Phi) is 5.67. The Bertz CT molecular complexity index is 881. The standard InChI is InChI=1S/C17H22N4O3S2/c1-20(10-13-6-4-3-5-7-13)15(22)11-25-17-19-18-16(21(17)2)14-8-9-26(23,24)12-14/h3-7,14H,8-12H2,1-2H3/t14-/m0/s1. The van der Waals surface area contributed by atoms with Crippen LogP contribution in [0.2, 0.25) is 0 Å². The number of nitrogens with zero attached hydrogens (tertiary/aromatic N) is 4. The highest BCUT2D eigenvalue weighted by Crippen LogP contribution is 2.29. The maximum atomic E-state index is 12.3. The average Bonchev–Trinajstić information content (AvgIpc) is 3.15. The van der Waals surface area contributed by atoms with Gasteiger partial charge in [-0.2, -0.15) is 0 Å². The lowest BCUT2D eigenvalue weighted by Crippen LogP contribution is -2.27. The molecule has 26 heavy (non-hydrogen) atoms. The van der Waals surface area contributed by atoms with E-state index in [1.165, 1.54) is 11.8 Å². The highest BCUT2D eigenvalue weighted by Gasteiger charge is 2.32. The number of benzene rings is 1. The molecule has 3 rings (SSSR count). The minimum absolute atomic E-state index is 0.00634. The molecule has 1 aromatic carbocycles. The van der Waals surface area contributed by atoms with Crippen molar-refractivity contribution in [2.45, 2.75) is 24.0 Å². The van der Waals surface area contributed by atoms with Gasteiger partial charge in [-0.05, 0) is 12.0 Å². The van der Waals surface area contributed by atoms with Gasteiger partial charge >= 0.3 is 0 Å². The molecule has 1 atom stereocenters. The maximum Gasteiger partial charge on any atom is 0.233 e. The number of sulfone groups is 1. The molecule has 1 aliphatic rings.